The third-order valence-corrected chi connectivity index (χ3v) is 4.97. The number of nitrogens with zero attached hydrogens (tertiary/aromatic N) is 4. The van der Waals surface area contributed by atoms with Crippen molar-refractivity contribution >= 4 is 11.6 Å². The fraction of sp³-hybridized carbons (Fsp3) is 0.316. The van der Waals surface area contributed by atoms with E-state index in [0.29, 0.717) is 13.1 Å². The summed E-state index contributed by atoms with van der Waals surface area (Å²) in [5.74, 6) is 0.545. The summed E-state index contributed by atoms with van der Waals surface area (Å²) in [7, 11) is 3.30. The van der Waals surface area contributed by atoms with Gasteiger partial charge in [0.05, 0.1) is 12.8 Å². The van der Waals surface area contributed by atoms with E-state index in [2.05, 4.69) is 4.98 Å². The van der Waals surface area contributed by atoms with Crippen LogP contribution in [0.3, 0.4) is 0 Å². The van der Waals surface area contributed by atoms with Crippen LogP contribution in [-0.2, 0) is 7.05 Å². The molecule has 8 heteroatoms. The van der Waals surface area contributed by atoms with Gasteiger partial charge < -0.3 is 19.9 Å². The van der Waals surface area contributed by atoms with Gasteiger partial charge >= 0.3 is 0 Å². The first-order chi connectivity index (χ1) is 13.0. The Bertz CT molecular complexity index is 1070. The lowest BCUT2D eigenvalue weighted by Gasteiger charge is -2.13. The molecule has 1 aliphatic rings. The number of methoxy groups -OCH3 is 1. The maximum atomic E-state index is 12.8. The fourth-order valence-electron chi connectivity index (χ4n) is 3.39. The number of fused-ring (bicyclic) bond motifs is 1. The van der Waals surface area contributed by atoms with Gasteiger partial charge in [-0.15, -0.1) is 0 Å². The first-order valence-electron chi connectivity index (χ1n) is 8.76. The van der Waals surface area contributed by atoms with Gasteiger partial charge in [-0.05, 0) is 30.7 Å². The predicted octanol–water partition coefficient (Wildman–Crippen LogP) is 0.882. The minimum Gasteiger partial charge on any atom is -0.497 e. The fourth-order valence-corrected chi connectivity index (χ4v) is 3.39. The first-order valence-corrected chi connectivity index (χ1v) is 8.76. The molecule has 0 aliphatic carbocycles. The number of carbonyl (C=O) groups excluding carboxylic acids is 1. The normalized spacial score (nSPS) is 16.9. The largest absolute Gasteiger partial charge is 0.497 e. The monoisotopic (exact) mass is 367 g/mol. The molecule has 3 heterocycles. The molecule has 3 aromatic rings. The summed E-state index contributed by atoms with van der Waals surface area (Å²) in [6, 6.07) is 7.44. The average Bonchev–Trinajstić information content (AvgIpc) is 3.31. The number of hydrogen-bond acceptors (Lipinski definition) is 5. The zero-order chi connectivity index (χ0) is 19.1. The molecule has 1 fully saturated rings. The molecular formula is C19H21N5O3. The summed E-state index contributed by atoms with van der Waals surface area (Å²) in [5, 5.41) is 0. The van der Waals surface area contributed by atoms with Gasteiger partial charge in [-0.1, -0.05) is 0 Å². The van der Waals surface area contributed by atoms with Crippen molar-refractivity contribution in [3.8, 4) is 17.0 Å². The third-order valence-electron chi connectivity index (χ3n) is 4.97. The standard InChI is InChI=1S/C19H21N5O3/c1-22-16(12-3-5-14(27-2)6-4-12)11-24-10-15(21-17(24)19(22)26)18(25)23-8-7-13(20)9-23/h3-6,10-11,13H,7-9,20H2,1-2H3/t13-/m0/s1. The first kappa shape index (κ1) is 17.3. The number of amides is 1. The van der Waals surface area contributed by atoms with Crippen molar-refractivity contribution < 1.29 is 9.53 Å². The number of rotatable bonds is 3. The van der Waals surface area contributed by atoms with E-state index in [0.717, 1.165) is 23.4 Å². The lowest BCUT2D eigenvalue weighted by atomic mass is 10.1. The second kappa shape index (κ2) is 6.55. The van der Waals surface area contributed by atoms with Crippen LogP contribution in [0.1, 0.15) is 16.9 Å². The van der Waals surface area contributed by atoms with Crippen molar-refractivity contribution in [1.29, 1.82) is 0 Å². The summed E-state index contributed by atoms with van der Waals surface area (Å²) in [6.45, 7) is 1.13. The molecule has 1 aliphatic heterocycles. The van der Waals surface area contributed by atoms with Crippen molar-refractivity contribution in [3.05, 3.63) is 52.7 Å². The average molecular weight is 367 g/mol. The third kappa shape index (κ3) is 2.97. The quantitative estimate of drug-likeness (QED) is 0.742. The van der Waals surface area contributed by atoms with Gasteiger partial charge in [0.25, 0.3) is 11.5 Å². The molecule has 0 unspecified atom stereocenters. The van der Waals surface area contributed by atoms with E-state index in [1.165, 1.54) is 4.57 Å². The maximum absolute atomic E-state index is 12.8. The van der Waals surface area contributed by atoms with E-state index in [4.69, 9.17) is 10.5 Å². The highest BCUT2D eigenvalue weighted by atomic mass is 16.5. The highest BCUT2D eigenvalue weighted by molar-refractivity contribution is 5.93. The molecule has 1 amide bonds. The highest BCUT2D eigenvalue weighted by Gasteiger charge is 2.26. The summed E-state index contributed by atoms with van der Waals surface area (Å²) in [4.78, 5) is 31.4. The van der Waals surface area contributed by atoms with Crippen LogP contribution < -0.4 is 16.0 Å². The Hall–Kier alpha value is -3.13. The van der Waals surface area contributed by atoms with E-state index in [1.807, 2.05) is 24.3 Å². The van der Waals surface area contributed by atoms with E-state index >= 15 is 0 Å². The molecule has 2 aromatic heterocycles. The molecule has 0 radical (unpaired) electrons. The molecule has 8 nitrogen and oxygen atoms in total. The number of carbonyl (C=O) groups is 1. The van der Waals surface area contributed by atoms with Gasteiger partial charge in [0, 0.05) is 44.1 Å². The van der Waals surface area contributed by atoms with Crippen molar-refractivity contribution in [2.45, 2.75) is 12.5 Å². The number of benzene rings is 1. The zero-order valence-electron chi connectivity index (χ0n) is 15.3. The van der Waals surface area contributed by atoms with Gasteiger partial charge in [-0.2, -0.15) is 0 Å². The van der Waals surface area contributed by atoms with Gasteiger partial charge in [0.15, 0.2) is 0 Å². The summed E-state index contributed by atoms with van der Waals surface area (Å²) in [6.07, 6.45) is 4.19. The van der Waals surface area contributed by atoms with Crippen molar-refractivity contribution in [3.63, 3.8) is 0 Å². The van der Waals surface area contributed by atoms with Crippen LogP contribution in [0.15, 0.2) is 41.5 Å². The summed E-state index contributed by atoms with van der Waals surface area (Å²) < 4.78 is 8.33. The molecule has 4 rings (SSSR count). The minimum atomic E-state index is -0.263. The van der Waals surface area contributed by atoms with Gasteiger partial charge in [-0.25, -0.2) is 4.98 Å². The van der Waals surface area contributed by atoms with Crippen molar-refractivity contribution in [1.82, 2.24) is 18.9 Å². The number of imidazole rings is 1. The molecule has 140 valence electrons. The number of ether oxygens (including phenoxy) is 1. The Kier molecular flexibility index (Phi) is 4.19. The second-order valence-electron chi connectivity index (χ2n) is 6.76. The van der Waals surface area contributed by atoms with Gasteiger partial charge in [0.2, 0.25) is 5.65 Å². The van der Waals surface area contributed by atoms with Crippen LogP contribution in [0.25, 0.3) is 16.9 Å². The number of hydrogen-bond donors (Lipinski definition) is 1. The van der Waals surface area contributed by atoms with Crippen LogP contribution in [0, 0.1) is 0 Å². The molecule has 0 spiro atoms. The lowest BCUT2D eigenvalue weighted by Crippen LogP contribution is -2.32. The number of likely N-dealkylation sites (tertiary alicyclic amines) is 1. The molecule has 1 atom stereocenters. The van der Waals surface area contributed by atoms with Gasteiger partial charge in [0.1, 0.15) is 11.4 Å². The zero-order valence-corrected chi connectivity index (χ0v) is 15.3. The SMILES string of the molecule is COc1ccc(-c2cn3cc(C(=O)N4CC[C@H](N)C4)nc3c(=O)n2C)cc1. The molecular weight excluding hydrogens is 346 g/mol. The van der Waals surface area contributed by atoms with Gasteiger partial charge in [-0.3, -0.25) is 14.0 Å². The van der Waals surface area contributed by atoms with Crippen LogP contribution >= 0.6 is 0 Å². The second-order valence-corrected chi connectivity index (χ2v) is 6.76. The molecule has 2 N–H and O–H groups in total. The maximum Gasteiger partial charge on any atom is 0.294 e. The van der Waals surface area contributed by atoms with E-state index in [9.17, 15) is 9.59 Å². The van der Waals surface area contributed by atoms with Crippen LogP contribution in [0.5, 0.6) is 5.75 Å². The topological polar surface area (TPSA) is 94.9 Å². The predicted molar refractivity (Wildman–Crippen MR) is 101 cm³/mol. The molecule has 0 bridgehead atoms. The van der Waals surface area contributed by atoms with E-state index in [1.54, 1.807) is 35.9 Å². The summed E-state index contributed by atoms with van der Waals surface area (Å²) in [5.41, 5.74) is 7.68. The number of nitrogens with two attached hydrogens (primary N) is 1. The Balaban J connectivity index is 1.76. The van der Waals surface area contributed by atoms with Crippen LogP contribution in [-0.4, -0.2) is 51.0 Å². The summed E-state index contributed by atoms with van der Waals surface area (Å²) >= 11 is 0. The Morgan fingerprint density at radius 3 is 2.63 bits per heavy atom. The highest BCUT2D eigenvalue weighted by Crippen LogP contribution is 2.22. The molecule has 0 saturated carbocycles. The molecule has 1 saturated heterocycles. The Labute approximate surface area is 155 Å². The number of aromatic nitrogens is 3. The van der Waals surface area contributed by atoms with Crippen LogP contribution in [0.4, 0.5) is 0 Å². The smallest absolute Gasteiger partial charge is 0.294 e. The van der Waals surface area contributed by atoms with Crippen molar-refractivity contribution in [2.75, 3.05) is 20.2 Å². The Morgan fingerprint density at radius 1 is 1.26 bits per heavy atom. The van der Waals surface area contributed by atoms with E-state index in [-0.39, 0.29) is 28.8 Å². The van der Waals surface area contributed by atoms with Crippen molar-refractivity contribution in [2.24, 2.45) is 12.8 Å². The minimum absolute atomic E-state index is 0.000487. The molecule has 27 heavy (non-hydrogen) atoms. The van der Waals surface area contributed by atoms with Crippen LogP contribution in [0.2, 0.25) is 0 Å². The van der Waals surface area contributed by atoms with E-state index < -0.39 is 0 Å². The Morgan fingerprint density at radius 2 is 2.00 bits per heavy atom. The lowest BCUT2D eigenvalue weighted by molar-refractivity contribution is 0.0786. The molecule has 1 aromatic carbocycles.